The van der Waals surface area contributed by atoms with Gasteiger partial charge in [-0.1, -0.05) is 6.92 Å². The van der Waals surface area contributed by atoms with Crippen LogP contribution in [0.4, 0.5) is 0 Å². The maximum atomic E-state index is 10.4. The topological polar surface area (TPSA) is 49.8 Å². The molecular formula is C14H27NO3. The van der Waals surface area contributed by atoms with E-state index in [-0.39, 0.29) is 0 Å². The number of carboxylic acid groups (broad SMARTS) is 1. The number of carboxylic acids is 1. The molecule has 1 aliphatic heterocycles. The van der Waals surface area contributed by atoms with Crippen molar-refractivity contribution in [2.45, 2.75) is 58.0 Å². The maximum Gasteiger partial charge on any atom is 0.303 e. The van der Waals surface area contributed by atoms with E-state index in [2.05, 4.69) is 11.8 Å². The molecule has 0 amide bonds. The Morgan fingerprint density at radius 3 is 2.89 bits per heavy atom. The van der Waals surface area contributed by atoms with Gasteiger partial charge in [0, 0.05) is 19.6 Å². The standard InChI is InChI=1S/C14H27NO3/c1-2-12-18-13-6-5-10-15(11-8-13)9-4-3-7-14(16)17/h13H,2-12H2,1H3,(H,16,17). The van der Waals surface area contributed by atoms with Crippen LogP contribution < -0.4 is 0 Å². The Hall–Kier alpha value is -0.610. The number of ether oxygens (including phenoxy) is 1. The fourth-order valence-electron chi connectivity index (χ4n) is 2.41. The van der Waals surface area contributed by atoms with Gasteiger partial charge in [-0.15, -0.1) is 0 Å². The van der Waals surface area contributed by atoms with Crippen LogP contribution in [0.3, 0.4) is 0 Å². The molecule has 1 atom stereocenters. The van der Waals surface area contributed by atoms with Gasteiger partial charge in [0.25, 0.3) is 0 Å². The minimum Gasteiger partial charge on any atom is -0.481 e. The van der Waals surface area contributed by atoms with Crippen molar-refractivity contribution < 1.29 is 14.6 Å². The number of carbonyl (C=O) groups is 1. The van der Waals surface area contributed by atoms with Crippen LogP contribution in [0.25, 0.3) is 0 Å². The van der Waals surface area contributed by atoms with Crippen molar-refractivity contribution in [1.29, 1.82) is 0 Å². The highest BCUT2D eigenvalue weighted by Crippen LogP contribution is 2.15. The summed E-state index contributed by atoms with van der Waals surface area (Å²) in [6.45, 7) is 6.29. The lowest BCUT2D eigenvalue weighted by Crippen LogP contribution is -2.26. The Kier molecular flexibility index (Phi) is 8.01. The predicted molar refractivity (Wildman–Crippen MR) is 71.8 cm³/mol. The average Bonchev–Trinajstić information content (AvgIpc) is 2.57. The van der Waals surface area contributed by atoms with E-state index in [1.807, 2.05) is 0 Å². The molecule has 0 aromatic rings. The number of unbranched alkanes of at least 4 members (excludes halogenated alkanes) is 1. The highest BCUT2D eigenvalue weighted by atomic mass is 16.5. The molecule has 0 radical (unpaired) electrons. The van der Waals surface area contributed by atoms with Crippen LogP contribution in [0.15, 0.2) is 0 Å². The normalized spacial score (nSPS) is 21.7. The largest absolute Gasteiger partial charge is 0.481 e. The SMILES string of the molecule is CCCOC1CCCN(CCCCC(=O)O)CC1. The Balaban J connectivity index is 2.11. The Morgan fingerprint density at radius 1 is 1.33 bits per heavy atom. The van der Waals surface area contributed by atoms with Crippen molar-refractivity contribution in [2.24, 2.45) is 0 Å². The van der Waals surface area contributed by atoms with E-state index in [1.165, 1.54) is 12.8 Å². The van der Waals surface area contributed by atoms with E-state index >= 15 is 0 Å². The molecule has 1 aliphatic rings. The molecule has 1 fully saturated rings. The number of nitrogens with zero attached hydrogens (tertiary/aromatic N) is 1. The van der Waals surface area contributed by atoms with Crippen molar-refractivity contribution >= 4 is 5.97 Å². The highest BCUT2D eigenvalue weighted by Gasteiger charge is 2.16. The summed E-state index contributed by atoms with van der Waals surface area (Å²) in [4.78, 5) is 12.9. The van der Waals surface area contributed by atoms with Gasteiger partial charge in [0.1, 0.15) is 0 Å². The number of aliphatic carboxylic acids is 1. The molecule has 0 aliphatic carbocycles. The van der Waals surface area contributed by atoms with Gasteiger partial charge in [0.05, 0.1) is 6.10 Å². The Morgan fingerprint density at radius 2 is 2.17 bits per heavy atom. The summed E-state index contributed by atoms with van der Waals surface area (Å²) in [6.07, 6.45) is 7.12. The van der Waals surface area contributed by atoms with Crippen molar-refractivity contribution in [3.63, 3.8) is 0 Å². The zero-order valence-electron chi connectivity index (χ0n) is 11.6. The van der Waals surface area contributed by atoms with Gasteiger partial charge in [0.15, 0.2) is 0 Å². The van der Waals surface area contributed by atoms with E-state index < -0.39 is 5.97 Å². The predicted octanol–water partition coefficient (Wildman–Crippen LogP) is 2.52. The van der Waals surface area contributed by atoms with Gasteiger partial charge in [-0.25, -0.2) is 0 Å². The van der Waals surface area contributed by atoms with Crippen LogP contribution in [0, 0.1) is 0 Å². The van der Waals surface area contributed by atoms with Crippen LogP contribution in [-0.4, -0.2) is 48.3 Å². The van der Waals surface area contributed by atoms with Crippen LogP contribution >= 0.6 is 0 Å². The van der Waals surface area contributed by atoms with Gasteiger partial charge in [-0.05, 0) is 51.6 Å². The summed E-state index contributed by atoms with van der Waals surface area (Å²) in [7, 11) is 0. The van der Waals surface area contributed by atoms with Gasteiger partial charge in [-0.2, -0.15) is 0 Å². The number of likely N-dealkylation sites (tertiary alicyclic amines) is 1. The first-order chi connectivity index (χ1) is 8.72. The van der Waals surface area contributed by atoms with Crippen molar-refractivity contribution in [3.8, 4) is 0 Å². The lowest BCUT2D eigenvalue weighted by atomic mass is 10.1. The molecule has 1 N–H and O–H groups in total. The third-order valence-corrected chi connectivity index (χ3v) is 3.44. The zero-order chi connectivity index (χ0) is 13.2. The molecule has 0 saturated carbocycles. The smallest absolute Gasteiger partial charge is 0.303 e. The second kappa shape index (κ2) is 9.34. The summed E-state index contributed by atoms with van der Waals surface area (Å²) in [5.74, 6) is -0.682. The average molecular weight is 257 g/mol. The minimum atomic E-state index is -0.682. The van der Waals surface area contributed by atoms with E-state index in [0.29, 0.717) is 12.5 Å². The summed E-state index contributed by atoms with van der Waals surface area (Å²) in [6, 6.07) is 0. The van der Waals surface area contributed by atoms with Crippen molar-refractivity contribution in [3.05, 3.63) is 0 Å². The molecule has 4 nitrogen and oxygen atoms in total. The first kappa shape index (κ1) is 15.4. The van der Waals surface area contributed by atoms with E-state index in [4.69, 9.17) is 9.84 Å². The Labute approximate surface area is 110 Å². The fourth-order valence-corrected chi connectivity index (χ4v) is 2.41. The first-order valence-corrected chi connectivity index (χ1v) is 7.28. The second-order valence-electron chi connectivity index (χ2n) is 5.12. The van der Waals surface area contributed by atoms with Gasteiger partial charge in [-0.3, -0.25) is 4.79 Å². The highest BCUT2D eigenvalue weighted by molar-refractivity contribution is 5.66. The van der Waals surface area contributed by atoms with Crippen molar-refractivity contribution in [2.75, 3.05) is 26.2 Å². The summed E-state index contributed by atoms with van der Waals surface area (Å²) >= 11 is 0. The third kappa shape index (κ3) is 6.97. The summed E-state index contributed by atoms with van der Waals surface area (Å²) < 4.78 is 5.81. The molecule has 0 aromatic carbocycles. The number of rotatable bonds is 8. The summed E-state index contributed by atoms with van der Waals surface area (Å²) in [5, 5.41) is 8.58. The summed E-state index contributed by atoms with van der Waals surface area (Å²) in [5.41, 5.74) is 0. The number of hydrogen-bond acceptors (Lipinski definition) is 3. The van der Waals surface area contributed by atoms with Crippen molar-refractivity contribution in [1.82, 2.24) is 4.90 Å². The zero-order valence-corrected chi connectivity index (χ0v) is 11.6. The molecule has 18 heavy (non-hydrogen) atoms. The van der Waals surface area contributed by atoms with Crippen LogP contribution in [0.1, 0.15) is 51.9 Å². The monoisotopic (exact) mass is 257 g/mol. The van der Waals surface area contributed by atoms with Gasteiger partial charge < -0.3 is 14.7 Å². The van der Waals surface area contributed by atoms with E-state index in [0.717, 1.165) is 51.9 Å². The molecule has 1 rings (SSSR count). The van der Waals surface area contributed by atoms with Crippen LogP contribution in [0.2, 0.25) is 0 Å². The number of hydrogen-bond donors (Lipinski definition) is 1. The molecule has 0 bridgehead atoms. The molecule has 0 aromatic heterocycles. The second-order valence-corrected chi connectivity index (χ2v) is 5.12. The molecule has 1 unspecified atom stereocenters. The fraction of sp³-hybridized carbons (Fsp3) is 0.929. The lowest BCUT2D eigenvalue weighted by Gasteiger charge is -2.19. The molecule has 1 heterocycles. The molecule has 106 valence electrons. The van der Waals surface area contributed by atoms with Gasteiger partial charge >= 0.3 is 5.97 Å². The molecular weight excluding hydrogens is 230 g/mol. The van der Waals surface area contributed by atoms with Crippen LogP contribution in [0.5, 0.6) is 0 Å². The quantitative estimate of drug-likeness (QED) is 0.679. The van der Waals surface area contributed by atoms with E-state index in [9.17, 15) is 4.79 Å². The minimum absolute atomic E-state index is 0.302. The van der Waals surface area contributed by atoms with Gasteiger partial charge in [0.2, 0.25) is 0 Å². The lowest BCUT2D eigenvalue weighted by molar-refractivity contribution is -0.137. The third-order valence-electron chi connectivity index (χ3n) is 3.44. The van der Waals surface area contributed by atoms with E-state index in [1.54, 1.807) is 0 Å². The maximum absolute atomic E-state index is 10.4. The van der Waals surface area contributed by atoms with Crippen LogP contribution in [-0.2, 0) is 9.53 Å². The first-order valence-electron chi connectivity index (χ1n) is 7.28. The Bertz CT molecular complexity index is 233. The molecule has 0 spiro atoms. The molecule has 4 heteroatoms. The molecule has 1 saturated heterocycles.